The van der Waals surface area contributed by atoms with E-state index in [1.54, 1.807) is 0 Å². The lowest BCUT2D eigenvalue weighted by Gasteiger charge is -2.25. The van der Waals surface area contributed by atoms with E-state index >= 15 is 0 Å². The number of hydrogen-bond donors (Lipinski definition) is 0. The van der Waals surface area contributed by atoms with Gasteiger partial charge in [-0.05, 0) is 55.7 Å². The quantitative estimate of drug-likeness (QED) is 0.313. The van der Waals surface area contributed by atoms with Gasteiger partial charge in [0.15, 0.2) is 0 Å². The molecule has 1 saturated heterocycles. The molecule has 0 N–H and O–H groups in total. The second kappa shape index (κ2) is 9.72. The van der Waals surface area contributed by atoms with Crippen LogP contribution in [0.4, 0.5) is 0 Å². The fraction of sp³-hybridized carbons (Fsp3) is 0.310. The number of ether oxygens (including phenoxy) is 1. The molecule has 0 bridgehead atoms. The van der Waals surface area contributed by atoms with Gasteiger partial charge in [-0.2, -0.15) is 0 Å². The molecule has 1 amide bonds. The highest BCUT2D eigenvalue weighted by Gasteiger charge is 2.36. The third-order valence-corrected chi connectivity index (χ3v) is 6.74. The van der Waals surface area contributed by atoms with Crippen molar-refractivity contribution in [2.24, 2.45) is 0 Å². The first-order valence-corrected chi connectivity index (χ1v) is 12.1. The lowest BCUT2D eigenvalue weighted by atomic mass is 10.1. The van der Waals surface area contributed by atoms with Gasteiger partial charge in [-0.15, -0.1) is 0 Å². The Morgan fingerprint density at radius 2 is 1.82 bits per heavy atom. The second-order valence-corrected chi connectivity index (χ2v) is 9.16. The maximum Gasteiger partial charge on any atom is 0.223 e. The summed E-state index contributed by atoms with van der Waals surface area (Å²) in [7, 11) is 0. The van der Waals surface area contributed by atoms with Crippen molar-refractivity contribution in [1.82, 2.24) is 14.5 Å². The zero-order chi connectivity index (χ0) is 23.5. The number of hydrogen-bond acceptors (Lipinski definition) is 3. The third-order valence-electron chi connectivity index (χ3n) is 6.74. The number of para-hydroxylation sites is 2. The molecule has 0 spiro atoms. The van der Waals surface area contributed by atoms with E-state index in [4.69, 9.17) is 9.72 Å². The molecule has 174 valence electrons. The molecule has 2 atom stereocenters. The Morgan fingerprint density at radius 3 is 2.65 bits per heavy atom. The van der Waals surface area contributed by atoms with Crippen LogP contribution >= 0.6 is 0 Å². The Morgan fingerprint density at radius 1 is 1.03 bits per heavy atom. The van der Waals surface area contributed by atoms with Crippen molar-refractivity contribution in [2.45, 2.75) is 45.2 Å². The predicted molar refractivity (Wildman–Crippen MR) is 135 cm³/mol. The number of imidazole rings is 1. The van der Waals surface area contributed by atoms with Crippen LogP contribution in [-0.2, 0) is 11.3 Å². The van der Waals surface area contributed by atoms with E-state index < -0.39 is 0 Å². The first-order chi connectivity index (χ1) is 16.6. The van der Waals surface area contributed by atoms with Gasteiger partial charge in [0.2, 0.25) is 5.91 Å². The molecule has 2 heterocycles. The number of likely N-dealkylation sites (tertiary alicyclic amines) is 1. The highest BCUT2D eigenvalue weighted by atomic mass is 16.5. The molecule has 5 nitrogen and oxygen atoms in total. The summed E-state index contributed by atoms with van der Waals surface area (Å²) in [6, 6.07) is 26.7. The van der Waals surface area contributed by atoms with Gasteiger partial charge < -0.3 is 14.2 Å². The zero-order valence-corrected chi connectivity index (χ0v) is 19.9. The average Bonchev–Trinajstić information content (AvgIpc) is 3.42. The fourth-order valence-corrected chi connectivity index (χ4v) is 4.95. The van der Waals surface area contributed by atoms with Gasteiger partial charge in [0, 0.05) is 25.4 Å². The third kappa shape index (κ3) is 4.56. The number of aryl methyl sites for hydroxylation is 2. The van der Waals surface area contributed by atoms with Crippen molar-refractivity contribution in [3.8, 4) is 5.75 Å². The van der Waals surface area contributed by atoms with Crippen LogP contribution in [0.3, 0.4) is 0 Å². The van der Waals surface area contributed by atoms with Crippen LogP contribution in [0.25, 0.3) is 11.0 Å². The standard InChI is InChI=1S/C29H31N3O2/c1-21-10-8-13-25(18-21)34-17-9-16-31-27-15-7-6-14-26(27)30-29(31)24-19-28(33)32(20-24)22(2)23-11-4-3-5-12-23/h3-8,10-15,18,22,24H,9,16-17,19-20H2,1-2H3. The molecule has 1 aromatic heterocycles. The lowest BCUT2D eigenvalue weighted by molar-refractivity contribution is -0.129. The molecule has 34 heavy (non-hydrogen) atoms. The molecule has 4 aromatic rings. The van der Waals surface area contributed by atoms with Crippen LogP contribution in [0.15, 0.2) is 78.9 Å². The lowest BCUT2D eigenvalue weighted by Crippen LogP contribution is -2.28. The monoisotopic (exact) mass is 453 g/mol. The van der Waals surface area contributed by atoms with Crippen LogP contribution in [-0.4, -0.2) is 33.5 Å². The average molecular weight is 454 g/mol. The summed E-state index contributed by atoms with van der Waals surface area (Å²) in [5, 5.41) is 0. The molecule has 3 aromatic carbocycles. The number of nitrogens with zero attached hydrogens (tertiary/aromatic N) is 3. The molecule has 0 aliphatic carbocycles. The summed E-state index contributed by atoms with van der Waals surface area (Å²) in [6.07, 6.45) is 1.37. The van der Waals surface area contributed by atoms with Gasteiger partial charge >= 0.3 is 0 Å². The van der Waals surface area contributed by atoms with E-state index in [-0.39, 0.29) is 17.9 Å². The van der Waals surface area contributed by atoms with Crippen molar-refractivity contribution in [1.29, 1.82) is 0 Å². The fourth-order valence-electron chi connectivity index (χ4n) is 4.95. The summed E-state index contributed by atoms with van der Waals surface area (Å²) in [4.78, 5) is 20.0. The molecule has 0 saturated carbocycles. The Hall–Kier alpha value is -3.60. The Bertz CT molecular complexity index is 1280. The number of aromatic nitrogens is 2. The molecule has 1 fully saturated rings. The smallest absolute Gasteiger partial charge is 0.223 e. The predicted octanol–water partition coefficient (Wildman–Crippen LogP) is 5.89. The second-order valence-electron chi connectivity index (χ2n) is 9.16. The Kier molecular flexibility index (Phi) is 6.35. The van der Waals surface area contributed by atoms with Crippen molar-refractivity contribution in [3.05, 3.63) is 95.8 Å². The van der Waals surface area contributed by atoms with E-state index in [1.807, 2.05) is 41.3 Å². The minimum absolute atomic E-state index is 0.0549. The van der Waals surface area contributed by atoms with Crippen LogP contribution in [0.2, 0.25) is 0 Å². The van der Waals surface area contributed by atoms with Gasteiger partial charge in [0.25, 0.3) is 0 Å². The largest absolute Gasteiger partial charge is 0.494 e. The number of fused-ring (bicyclic) bond motifs is 1. The zero-order valence-electron chi connectivity index (χ0n) is 19.9. The van der Waals surface area contributed by atoms with Crippen LogP contribution < -0.4 is 4.74 Å². The summed E-state index contributed by atoms with van der Waals surface area (Å²) in [6.45, 7) is 6.32. The van der Waals surface area contributed by atoms with Crippen LogP contribution in [0.1, 0.15) is 48.7 Å². The first kappa shape index (κ1) is 22.2. The number of carbonyl (C=O) groups excluding carboxylic acids is 1. The highest BCUT2D eigenvalue weighted by molar-refractivity contribution is 5.81. The van der Waals surface area contributed by atoms with Gasteiger partial charge in [-0.1, -0.05) is 54.6 Å². The van der Waals surface area contributed by atoms with E-state index in [0.29, 0.717) is 19.6 Å². The molecule has 2 unspecified atom stereocenters. The number of carbonyl (C=O) groups is 1. The van der Waals surface area contributed by atoms with E-state index in [1.165, 1.54) is 11.1 Å². The van der Waals surface area contributed by atoms with Gasteiger partial charge in [0.1, 0.15) is 11.6 Å². The molecular formula is C29H31N3O2. The molecule has 5 heteroatoms. The van der Waals surface area contributed by atoms with Crippen molar-refractivity contribution < 1.29 is 9.53 Å². The number of rotatable bonds is 8. The molecule has 0 radical (unpaired) electrons. The van der Waals surface area contributed by atoms with E-state index in [0.717, 1.165) is 35.6 Å². The maximum absolute atomic E-state index is 13.0. The van der Waals surface area contributed by atoms with Crippen molar-refractivity contribution >= 4 is 16.9 Å². The molecular weight excluding hydrogens is 422 g/mol. The minimum Gasteiger partial charge on any atom is -0.494 e. The summed E-state index contributed by atoms with van der Waals surface area (Å²) in [5.74, 6) is 2.20. The molecule has 1 aliphatic rings. The minimum atomic E-state index is 0.0549. The van der Waals surface area contributed by atoms with Gasteiger partial charge in [0.05, 0.1) is 23.7 Å². The summed E-state index contributed by atoms with van der Waals surface area (Å²) < 4.78 is 8.28. The highest BCUT2D eigenvalue weighted by Crippen LogP contribution is 2.35. The van der Waals surface area contributed by atoms with Gasteiger partial charge in [-0.25, -0.2) is 4.98 Å². The first-order valence-electron chi connectivity index (χ1n) is 12.1. The Labute approximate surface area is 201 Å². The maximum atomic E-state index is 13.0. The normalized spacial score (nSPS) is 16.8. The number of amides is 1. The Balaban J connectivity index is 1.33. The summed E-state index contributed by atoms with van der Waals surface area (Å²) >= 11 is 0. The van der Waals surface area contributed by atoms with Crippen LogP contribution in [0, 0.1) is 6.92 Å². The topological polar surface area (TPSA) is 47.4 Å². The van der Waals surface area contributed by atoms with E-state index in [9.17, 15) is 4.79 Å². The van der Waals surface area contributed by atoms with E-state index in [2.05, 4.69) is 60.9 Å². The van der Waals surface area contributed by atoms with Crippen molar-refractivity contribution in [2.75, 3.05) is 13.2 Å². The van der Waals surface area contributed by atoms with Gasteiger partial charge in [-0.3, -0.25) is 4.79 Å². The SMILES string of the molecule is Cc1cccc(OCCCn2c(C3CC(=O)N(C(C)c4ccccc4)C3)nc3ccccc32)c1. The van der Waals surface area contributed by atoms with Crippen LogP contribution in [0.5, 0.6) is 5.75 Å². The summed E-state index contributed by atoms with van der Waals surface area (Å²) in [5.41, 5.74) is 4.47. The van der Waals surface area contributed by atoms with Crippen molar-refractivity contribution in [3.63, 3.8) is 0 Å². The number of benzene rings is 3. The molecule has 5 rings (SSSR count). The molecule has 1 aliphatic heterocycles.